The fourth-order valence-corrected chi connectivity index (χ4v) is 6.84. The zero-order chi connectivity index (χ0) is 19.5. The van der Waals surface area contributed by atoms with E-state index in [0.717, 1.165) is 42.9 Å². The Morgan fingerprint density at radius 3 is 3.00 bits per heavy atom. The molecular formula is C22H26ClN3OS. The van der Waals surface area contributed by atoms with Crippen LogP contribution in [-0.2, 0) is 11.3 Å². The van der Waals surface area contributed by atoms with Crippen LogP contribution >= 0.6 is 22.9 Å². The number of carbonyl (C=O) groups is 1. The molecule has 3 aliphatic heterocycles. The number of rotatable bonds is 4. The average molecular weight is 416 g/mol. The average Bonchev–Trinajstić information content (AvgIpc) is 3.39. The molecule has 1 aromatic carbocycles. The number of likely N-dealkylation sites (tertiary alicyclic amines) is 1. The first kappa shape index (κ1) is 18.6. The number of benzene rings is 1. The number of aromatic nitrogens is 1. The Bertz CT molecular complexity index is 913. The van der Waals surface area contributed by atoms with Gasteiger partial charge in [-0.15, -0.1) is 11.3 Å². The summed E-state index contributed by atoms with van der Waals surface area (Å²) in [4.78, 5) is 23.1. The summed E-state index contributed by atoms with van der Waals surface area (Å²) in [6.45, 7) is 6.90. The van der Waals surface area contributed by atoms with E-state index in [4.69, 9.17) is 16.6 Å². The maximum absolute atomic E-state index is 13.6. The summed E-state index contributed by atoms with van der Waals surface area (Å²) in [6, 6.07) is 8.18. The van der Waals surface area contributed by atoms with Crippen LogP contribution in [0.2, 0.25) is 5.02 Å². The van der Waals surface area contributed by atoms with E-state index in [1.54, 1.807) is 11.3 Å². The van der Waals surface area contributed by atoms with Crippen molar-refractivity contribution < 1.29 is 4.79 Å². The third-order valence-electron chi connectivity index (χ3n) is 6.81. The second-order valence-electron chi connectivity index (χ2n) is 8.75. The number of carbonyl (C=O) groups excluding carboxylic acids is 1. The highest BCUT2D eigenvalue weighted by atomic mass is 35.5. The van der Waals surface area contributed by atoms with Crippen molar-refractivity contribution >= 4 is 28.8 Å². The lowest BCUT2D eigenvalue weighted by Gasteiger charge is -2.32. The van der Waals surface area contributed by atoms with Gasteiger partial charge in [-0.3, -0.25) is 9.69 Å². The van der Waals surface area contributed by atoms with E-state index < -0.39 is 0 Å². The van der Waals surface area contributed by atoms with Crippen LogP contribution in [0.4, 0.5) is 0 Å². The number of hydrogen-bond acceptors (Lipinski definition) is 4. The molecule has 3 atom stereocenters. The molecule has 0 aliphatic carbocycles. The molecule has 3 fully saturated rings. The van der Waals surface area contributed by atoms with Gasteiger partial charge in [-0.05, 0) is 49.4 Å². The highest BCUT2D eigenvalue weighted by Gasteiger charge is 2.65. The van der Waals surface area contributed by atoms with Gasteiger partial charge in [0.25, 0.3) is 0 Å². The van der Waals surface area contributed by atoms with Crippen molar-refractivity contribution in [1.29, 1.82) is 0 Å². The second-order valence-corrected chi connectivity index (χ2v) is 10.1. The van der Waals surface area contributed by atoms with Crippen LogP contribution in [-0.4, -0.2) is 39.3 Å². The molecule has 3 aliphatic rings. The summed E-state index contributed by atoms with van der Waals surface area (Å²) >= 11 is 7.92. The van der Waals surface area contributed by atoms with Crippen LogP contribution < -0.4 is 0 Å². The van der Waals surface area contributed by atoms with Crippen LogP contribution in [0.1, 0.15) is 61.3 Å². The SMILES string of the molecule is CC(C)c1csc([C@@H]2C[C@H]3CN(Cc4cccc(Cl)c4)C(=O)[C@]34CCCN24)n1. The van der Waals surface area contributed by atoms with Gasteiger partial charge in [0.2, 0.25) is 5.91 Å². The van der Waals surface area contributed by atoms with Crippen molar-refractivity contribution in [2.24, 2.45) is 5.92 Å². The fraction of sp³-hybridized carbons (Fsp3) is 0.545. The van der Waals surface area contributed by atoms with Gasteiger partial charge in [-0.1, -0.05) is 37.6 Å². The lowest BCUT2D eigenvalue weighted by atomic mass is 9.86. The lowest BCUT2D eigenvalue weighted by Crippen LogP contribution is -2.49. The molecule has 6 heteroatoms. The molecule has 1 spiro atoms. The number of thiazole rings is 1. The normalized spacial score (nSPS) is 29.7. The van der Waals surface area contributed by atoms with Crippen molar-refractivity contribution in [2.45, 2.75) is 57.2 Å². The highest BCUT2D eigenvalue weighted by Crippen LogP contribution is 2.56. The summed E-state index contributed by atoms with van der Waals surface area (Å²) in [5.74, 6) is 1.17. The third-order valence-corrected chi connectivity index (χ3v) is 8.01. The topological polar surface area (TPSA) is 36.4 Å². The van der Waals surface area contributed by atoms with E-state index in [1.165, 1.54) is 10.7 Å². The maximum Gasteiger partial charge on any atom is 0.243 e. The number of nitrogens with zero attached hydrogens (tertiary/aromatic N) is 3. The Morgan fingerprint density at radius 2 is 2.25 bits per heavy atom. The smallest absolute Gasteiger partial charge is 0.243 e. The molecule has 0 saturated carbocycles. The summed E-state index contributed by atoms with van der Waals surface area (Å²) in [6.07, 6.45) is 3.14. The van der Waals surface area contributed by atoms with E-state index in [1.807, 2.05) is 18.2 Å². The van der Waals surface area contributed by atoms with Crippen LogP contribution in [0.5, 0.6) is 0 Å². The van der Waals surface area contributed by atoms with E-state index in [9.17, 15) is 4.79 Å². The molecule has 1 amide bonds. The molecule has 1 aromatic heterocycles. The van der Waals surface area contributed by atoms with Crippen LogP contribution in [0.25, 0.3) is 0 Å². The van der Waals surface area contributed by atoms with Crippen molar-refractivity contribution in [2.75, 3.05) is 13.1 Å². The van der Waals surface area contributed by atoms with Gasteiger partial charge in [0.1, 0.15) is 10.5 Å². The van der Waals surface area contributed by atoms with E-state index in [0.29, 0.717) is 30.3 Å². The Morgan fingerprint density at radius 1 is 1.39 bits per heavy atom. The van der Waals surface area contributed by atoms with Gasteiger partial charge >= 0.3 is 0 Å². The van der Waals surface area contributed by atoms with Gasteiger partial charge in [0, 0.05) is 29.4 Å². The van der Waals surface area contributed by atoms with Crippen molar-refractivity contribution in [3.8, 4) is 0 Å². The number of halogens is 1. The first-order valence-electron chi connectivity index (χ1n) is 10.2. The molecule has 3 saturated heterocycles. The molecule has 0 radical (unpaired) electrons. The number of amides is 1. The van der Waals surface area contributed by atoms with E-state index in [-0.39, 0.29) is 5.54 Å². The van der Waals surface area contributed by atoms with Gasteiger partial charge in [-0.2, -0.15) is 0 Å². The highest BCUT2D eigenvalue weighted by molar-refractivity contribution is 7.09. The summed E-state index contributed by atoms with van der Waals surface area (Å²) in [5, 5.41) is 4.13. The monoisotopic (exact) mass is 415 g/mol. The maximum atomic E-state index is 13.6. The molecular weight excluding hydrogens is 390 g/mol. The van der Waals surface area contributed by atoms with E-state index >= 15 is 0 Å². The molecule has 4 nitrogen and oxygen atoms in total. The largest absolute Gasteiger partial charge is 0.336 e. The second kappa shape index (κ2) is 6.82. The standard InChI is InChI=1S/C22H26ClN3OS/c1-14(2)18-13-28-20(24-18)19-10-16-12-25(11-15-5-3-6-17(23)9-15)21(27)22(16)7-4-8-26(19)22/h3,5-6,9,13-14,16,19H,4,7-8,10-12H2,1-2H3/t16-,19-,22-/m0/s1. The van der Waals surface area contributed by atoms with Gasteiger partial charge in [-0.25, -0.2) is 4.98 Å². The Hall–Kier alpha value is -1.43. The summed E-state index contributed by atoms with van der Waals surface area (Å²) in [7, 11) is 0. The predicted molar refractivity (Wildman–Crippen MR) is 113 cm³/mol. The fourth-order valence-electron chi connectivity index (χ4n) is 5.52. The lowest BCUT2D eigenvalue weighted by molar-refractivity contribution is -0.137. The predicted octanol–water partition coefficient (Wildman–Crippen LogP) is 4.86. The molecule has 28 heavy (non-hydrogen) atoms. The minimum Gasteiger partial charge on any atom is -0.336 e. The number of hydrogen-bond donors (Lipinski definition) is 0. The first-order valence-corrected chi connectivity index (χ1v) is 11.5. The molecule has 0 bridgehead atoms. The van der Waals surface area contributed by atoms with Crippen LogP contribution in [0, 0.1) is 5.92 Å². The Kier molecular flexibility index (Phi) is 4.53. The van der Waals surface area contributed by atoms with Gasteiger partial charge in [0.15, 0.2) is 0 Å². The minimum absolute atomic E-state index is 0.299. The molecule has 0 unspecified atom stereocenters. The Labute approximate surface area is 175 Å². The molecule has 5 rings (SSSR count). The van der Waals surface area contributed by atoms with E-state index in [2.05, 4.69) is 35.1 Å². The van der Waals surface area contributed by atoms with Gasteiger partial charge in [0.05, 0.1) is 11.7 Å². The molecule has 0 N–H and O–H groups in total. The molecule has 4 heterocycles. The first-order chi connectivity index (χ1) is 13.5. The summed E-state index contributed by atoms with van der Waals surface area (Å²) in [5.41, 5.74) is 1.99. The van der Waals surface area contributed by atoms with Crippen molar-refractivity contribution in [3.05, 3.63) is 50.9 Å². The van der Waals surface area contributed by atoms with Gasteiger partial charge < -0.3 is 4.90 Å². The van der Waals surface area contributed by atoms with Crippen LogP contribution in [0.15, 0.2) is 29.6 Å². The van der Waals surface area contributed by atoms with Crippen molar-refractivity contribution in [1.82, 2.24) is 14.8 Å². The minimum atomic E-state index is -0.299. The van der Waals surface area contributed by atoms with Crippen LogP contribution in [0.3, 0.4) is 0 Å². The summed E-state index contributed by atoms with van der Waals surface area (Å²) < 4.78 is 0. The zero-order valence-corrected chi connectivity index (χ0v) is 18.0. The third kappa shape index (κ3) is 2.74. The molecule has 148 valence electrons. The van der Waals surface area contributed by atoms with Crippen molar-refractivity contribution in [3.63, 3.8) is 0 Å². The Balaban J connectivity index is 1.40. The molecule has 2 aromatic rings. The quantitative estimate of drug-likeness (QED) is 0.715. The zero-order valence-electron chi connectivity index (χ0n) is 16.4.